The fraction of sp³-hybridized carbons (Fsp3) is 0.450. The van der Waals surface area contributed by atoms with Crippen LogP contribution < -0.4 is 0 Å². The second-order valence-electron chi connectivity index (χ2n) is 6.12. The molecule has 0 aromatic carbocycles. The predicted molar refractivity (Wildman–Crippen MR) is 105 cm³/mol. The number of esters is 2. The molecule has 0 saturated heterocycles. The molecule has 0 aliphatic carbocycles. The molecule has 146 valence electrons. The Morgan fingerprint density at radius 2 is 2.11 bits per heavy atom. The van der Waals surface area contributed by atoms with Gasteiger partial charge in [0, 0.05) is 36.0 Å². The van der Waals surface area contributed by atoms with E-state index in [1.54, 1.807) is 17.4 Å². The van der Waals surface area contributed by atoms with Gasteiger partial charge in [-0.3, -0.25) is 4.79 Å². The van der Waals surface area contributed by atoms with Crippen LogP contribution >= 0.6 is 11.3 Å². The van der Waals surface area contributed by atoms with Gasteiger partial charge in [-0.2, -0.15) is 0 Å². The van der Waals surface area contributed by atoms with Crippen molar-refractivity contribution in [3.8, 4) is 0 Å². The van der Waals surface area contributed by atoms with Crippen molar-refractivity contribution in [1.82, 2.24) is 9.55 Å². The Labute approximate surface area is 163 Å². The Morgan fingerprint density at radius 1 is 1.30 bits per heavy atom. The van der Waals surface area contributed by atoms with E-state index in [0.717, 1.165) is 30.0 Å². The van der Waals surface area contributed by atoms with Crippen molar-refractivity contribution in [3.05, 3.63) is 45.7 Å². The van der Waals surface area contributed by atoms with Crippen LogP contribution in [0.4, 0.5) is 0 Å². The smallest absolute Gasteiger partial charge is 0.334 e. The van der Waals surface area contributed by atoms with Crippen LogP contribution in [0.25, 0.3) is 6.08 Å². The van der Waals surface area contributed by atoms with E-state index >= 15 is 0 Å². The van der Waals surface area contributed by atoms with Gasteiger partial charge in [0.25, 0.3) is 0 Å². The molecule has 6 nitrogen and oxygen atoms in total. The zero-order valence-electron chi connectivity index (χ0n) is 16.1. The average Bonchev–Trinajstić information content (AvgIpc) is 3.32. The number of methoxy groups -OCH3 is 2. The summed E-state index contributed by atoms with van der Waals surface area (Å²) in [6.07, 6.45) is 7.33. The molecule has 0 saturated carbocycles. The molecule has 2 heterocycles. The first kappa shape index (κ1) is 20.9. The summed E-state index contributed by atoms with van der Waals surface area (Å²) in [7, 11) is 2.77. The normalized spacial score (nSPS) is 11.4. The van der Waals surface area contributed by atoms with Crippen molar-refractivity contribution in [3.63, 3.8) is 0 Å². The number of rotatable bonds is 10. The first-order chi connectivity index (χ1) is 13.1. The summed E-state index contributed by atoms with van der Waals surface area (Å²) < 4.78 is 11.6. The third kappa shape index (κ3) is 6.36. The number of nitrogens with zero attached hydrogens (tertiary/aromatic N) is 2. The van der Waals surface area contributed by atoms with E-state index in [2.05, 4.69) is 11.9 Å². The number of ether oxygens (including phenoxy) is 2. The number of aromatic nitrogens is 2. The van der Waals surface area contributed by atoms with E-state index in [4.69, 9.17) is 9.47 Å². The summed E-state index contributed by atoms with van der Waals surface area (Å²) in [6.45, 7) is 2.63. The monoisotopic (exact) mass is 390 g/mol. The van der Waals surface area contributed by atoms with Crippen molar-refractivity contribution < 1.29 is 19.1 Å². The highest BCUT2D eigenvalue weighted by molar-refractivity contribution is 7.09. The largest absolute Gasteiger partial charge is 0.469 e. The van der Waals surface area contributed by atoms with Gasteiger partial charge in [-0.15, -0.1) is 11.3 Å². The molecule has 0 fully saturated rings. The third-order valence-electron chi connectivity index (χ3n) is 4.13. The summed E-state index contributed by atoms with van der Waals surface area (Å²) in [5.74, 6) is 0.296. The molecular weight excluding hydrogens is 364 g/mol. The standard InChI is InChI=1S/C20H26N2O4S/c1-4-5-8-18-21-16(14-22(18)10-9-19(23)25-2)12-15(20(24)26-3)13-17-7-6-11-27-17/h6-7,11-12,14H,4-5,8-10,13H2,1-3H3/b15-12+. The van der Waals surface area contributed by atoms with Crippen molar-refractivity contribution in [2.75, 3.05) is 14.2 Å². The second kappa shape index (κ2) is 10.7. The fourth-order valence-electron chi connectivity index (χ4n) is 2.68. The maximum absolute atomic E-state index is 12.2. The summed E-state index contributed by atoms with van der Waals surface area (Å²) >= 11 is 1.60. The number of thiophene rings is 1. The lowest BCUT2D eigenvalue weighted by molar-refractivity contribution is -0.141. The molecule has 2 aromatic rings. The minimum absolute atomic E-state index is 0.254. The van der Waals surface area contributed by atoms with E-state index in [-0.39, 0.29) is 18.4 Å². The maximum Gasteiger partial charge on any atom is 0.334 e. The summed E-state index contributed by atoms with van der Waals surface area (Å²) in [5, 5.41) is 1.98. The predicted octanol–water partition coefficient (Wildman–Crippen LogP) is 3.65. The van der Waals surface area contributed by atoms with Crippen molar-refractivity contribution in [2.24, 2.45) is 0 Å². The van der Waals surface area contributed by atoms with E-state index in [1.807, 2.05) is 28.3 Å². The summed E-state index contributed by atoms with van der Waals surface area (Å²) in [5.41, 5.74) is 1.25. The van der Waals surface area contributed by atoms with Crippen LogP contribution in [0.1, 0.15) is 42.6 Å². The molecule has 0 N–H and O–H groups in total. The molecule has 27 heavy (non-hydrogen) atoms. The number of carbonyl (C=O) groups is 2. The average molecular weight is 391 g/mol. The molecule has 7 heteroatoms. The summed E-state index contributed by atoms with van der Waals surface area (Å²) in [4.78, 5) is 29.4. The zero-order valence-corrected chi connectivity index (χ0v) is 16.9. The number of aryl methyl sites for hydroxylation is 2. The first-order valence-electron chi connectivity index (χ1n) is 9.01. The third-order valence-corrected chi connectivity index (χ3v) is 5.01. The lowest BCUT2D eigenvalue weighted by Gasteiger charge is -2.06. The Hall–Kier alpha value is -2.41. The number of imidazole rings is 1. The highest BCUT2D eigenvalue weighted by atomic mass is 32.1. The molecule has 0 unspecified atom stereocenters. The summed E-state index contributed by atoms with van der Waals surface area (Å²) in [6, 6.07) is 3.95. The van der Waals surface area contributed by atoms with Gasteiger partial charge in [-0.05, 0) is 23.9 Å². The molecule has 2 aromatic heterocycles. The van der Waals surface area contributed by atoms with Gasteiger partial charge in [-0.25, -0.2) is 9.78 Å². The van der Waals surface area contributed by atoms with Gasteiger partial charge in [0.15, 0.2) is 0 Å². The number of unbranched alkanes of at least 4 members (excludes halogenated alkanes) is 1. The molecular formula is C20H26N2O4S. The lowest BCUT2D eigenvalue weighted by Crippen LogP contribution is -2.09. The molecule has 2 rings (SSSR count). The Morgan fingerprint density at radius 3 is 2.74 bits per heavy atom. The SMILES string of the molecule is CCCCc1nc(/C=C(\Cc2cccs2)C(=O)OC)cn1CCC(=O)OC. The molecule has 0 amide bonds. The maximum atomic E-state index is 12.2. The van der Waals surface area contributed by atoms with Crippen LogP contribution in [-0.4, -0.2) is 35.7 Å². The first-order valence-corrected chi connectivity index (χ1v) is 9.89. The van der Waals surface area contributed by atoms with Gasteiger partial charge in [0.05, 0.1) is 26.3 Å². The van der Waals surface area contributed by atoms with Gasteiger partial charge >= 0.3 is 11.9 Å². The van der Waals surface area contributed by atoms with Gasteiger partial charge < -0.3 is 14.0 Å². The Kier molecular flexibility index (Phi) is 8.26. The molecule has 0 radical (unpaired) electrons. The van der Waals surface area contributed by atoms with Crippen LogP contribution in [0, 0.1) is 0 Å². The van der Waals surface area contributed by atoms with Crippen LogP contribution in [0.2, 0.25) is 0 Å². The van der Waals surface area contributed by atoms with Crippen LogP contribution in [0.5, 0.6) is 0 Å². The van der Waals surface area contributed by atoms with Gasteiger partial charge in [0.1, 0.15) is 5.82 Å². The molecule has 0 spiro atoms. The highest BCUT2D eigenvalue weighted by Gasteiger charge is 2.14. The molecule has 0 bridgehead atoms. The number of hydrogen-bond acceptors (Lipinski definition) is 6. The van der Waals surface area contributed by atoms with E-state index in [0.29, 0.717) is 24.2 Å². The lowest BCUT2D eigenvalue weighted by atomic mass is 10.1. The minimum Gasteiger partial charge on any atom is -0.469 e. The second-order valence-corrected chi connectivity index (χ2v) is 7.15. The van der Waals surface area contributed by atoms with E-state index in [1.165, 1.54) is 14.2 Å². The molecule has 0 aliphatic heterocycles. The topological polar surface area (TPSA) is 70.4 Å². The van der Waals surface area contributed by atoms with Gasteiger partial charge in [-0.1, -0.05) is 19.4 Å². The Bertz CT molecular complexity index is 778. The van der Waals surface area contributed by atoms with E-state index in [9.17, 15) is 9.59 Å². The van der Waals surface area contributed by atoms with Gasteiger partial charge in [0.2, 0.25) is 0 Å². The van der Waals surface area contributed by atoms with Crippen molar-refractivity contribution >= 4 is 29.4 Å². The molecule has 0 atom stereocenters. The Balaban J connectivity index is 2.27. The minimum atomic E-state index is -0.359. The van der Waals surface area contributed by atoms with Crippen LogP contribution in [-0.2, 0) is 38.4 Å². The highest BCUT2D eigenvalue weighted by Crippen LogP contribution is 2.18. The van der Waals surface area contributed by atoms with Crippen molar-refractivity contribution in [2.45, 2.75) is 45.6 Å². The van der Waals surface area contributed by atoms with E-state index < -0.39 is 0 Å². The quantitative estimate of drug-likeness (QED) is 0.457. The van der Waals surface area contributed by atoms with Crippen LogP contribution in [0.15, 0.2) is 29.3 Å². The fourth-order valence-corrected chi connectivity index (χ4v) is 3.41. The van der Waals surface area contributed by atoms with Crippen molar-refractivity contribution in [1.29, 1.82) is 0 Å². The molecule has 0 aliphatic rings. The zero-order chi connectivity index (χ0) is 19.6. The number of carbonyl (C=O) groups excluding carboxylic acids is 2. The number of hydrogen-bond donors (Lipinski definition) is 0. The van der Waals surface area contributed by atoms with Crippen LogP contribution in [0.3, 0.4) is 0 Å².